The predicted octanol–water partition coefficient (Wildman–Crippen LogP) is 2.24. The SMILES string of the molecule is C[CH-]O[C@@H](C)[CH-]C.[CH3-].[Y+3].[Y]. The first-order valence-electron chi connectivity index (χ1n) is 2.54. The minimum atomic E-state index is 0. The molecule has 0 rings (SSSR count). The summed E-state index contributed by atoms with van der Waals surface area (Å²) in [6.45, 7) is 7.55. The fourth-order valence-electron chi connectivity index (χ4n) is 0.293. The molecule has 0 aliphatic heterocycles. The van der Waals surface area contributed by atoms with E-state index < -0.39 is 0 Å². The Morgan fingerprint density at radius 3 is 1.80 bits per heavy atom. The average molecular weight is 293 g/mol. The molecule has 0 aliphatic carbocycles. The van der Waals surface area contributed by atoms with Gasteiger partial charge in [-0.3, -0.25) is 0 Å². The summed E-state index contributed by atoms with van der Waals surface area (Å²) in [6.07, 6.45) is 2.27. The predicted molar refractivity (Wildman–Crippen MR) is 36.9 cm³/mol. The second kappa shape index (κ2) is 17.3. The zero-order valence-corrected chi connectivity index (χ0v) is 13.0. The zero-order chi connectivity index (χ0) is 5.70. The Morgan fingerprint density at radius 1 is 1.30 bits per heavy atom. The molecule has 0 saturated carbocycles. The first-order chi connectivity index (χ1) is 3.31. The quantitative estimate of drug-likeness (QED) is 0.725. The van der Waals surface area contributed by atoms with Gasteiger partial charge in [0.1, 0.15) is 0 Å². The summed E-state index contributed by atoms with van der Waals surface area (Å²) >= 11 is 0. The van der Waals surface area contributed by atoms with Crippen LogP contribution in [0.4, 0.5) is 0 Å². The first-order valence-corrected chi connectivity index (χ1v) is 2.54. The van der Waals surface area contributed by atoms with Crippen molar-refractivity contribution in [2.75, 3.05) is 0 Å². The van der Waals surface area contributed by atoms with Crippen LogP contribution in [-0.4, -0.2) is 6.10 Å². The molecule has 0 fully saturated rings. The van der Waals surface area contributed by atoms with Crippen LogP contribution in [0, 0.1) is 20.5 Å². The van der Waals surface area contributed by atoms with Crippen molar-refractivity contribution >= 4 is 0 Å². The van der Waals surface area contributed by atoms with Gasteiger partial charge in [-0.15, -0.1) is 6.10 Å². The molecule has 3 heteroatoms. The molecule has 0 aromatic carbocycles. The molecule has 0 spiro atoms. The Balaban J connectivity index is -0.0000000600. The van der Waals surface area contributed by atoms with E-state index in [2.05, 4.69) is 0 Å². The molecule has 0 aromatic rings. The average Bonchev–Trinajstić information content (AvgIpc) is 1.68. The van der Waals surface area contributed by atoms with Gasteiger partial charge in [-0.25, -0.2) is 6.61 Å². The smallest absolute Gasteiger partial charge is 0.575 e. The Labute approximate surface area is 116 Å². The molecule has 0 unspecified atom stereocenters. The van der Waals surface area contributed by atoms with Crippen LogP contribution in [0.1, 0.15) is 20.8 Å². The van der Waals surface area contributed by atoms with Crippen molar-refractivity contribution in [2.24, 2.45) is 0 Å². The van der Waals surface area contributed by atoms with Crippen molar-refractivity contribution < 1.29 is 70.2 Å². The number of hydrogen-bond acceptors (Lipinski definition) is 1. The number of rotatable bonds is 3. The van der Waals surface area contributed by atoms with Gasteiger partial charge in [0.05, 0.1) is 0 Å². The van der Waals surface area contributed by atoms with E-state index in [9.17, 15) is 0 Å². The molecular formula is C7H15OY2. The van der Waals surface area contributed by atoms with Crippen molar-refractivity contribution in [3.8, 4) is 0 Å². The molecule has 1 atom stereocenters. The monoisotopic (exact) mass is 293 g/mol. The van der Waals surface area contributed by atoms with Crippen molar-refractivity contribution in [1.29, 1.82) is 0 Å². The van der Waals surface area contributed by atoms with Crippen LogP contribution in [0.25, 0.3) is 0 Å². The molecule has 0 bridgehead atoms. The summed E-state index contributed by atoms with van der Waals surface area (Å²) in [5, 5.41) is 0. The minimum absolute atomic E-state index is 0. The molecule has 0 N–H and O–H groups in total. The van der Waals surface area contributed by atoms with E-state index in [1.807, 2.05) is 27.2 Å². The molecule has 10 heavy (non-hydrogen) atoms. The van der Waals surface area contributed by atoms with Crippen LogP contribution >= 0.6 is 0 Å². The maximum Gasteiger partial charge on any atom is 3.00 e. The zero-order valence-electron chi connectivity index (χ0n) is 7.29. The van der Waals surface area contributed by atoms with Crippen molar-refractivity contribution in [3.05, 3.63) is 20.5 Å². The van der Waals surface area contributed by atoms with Gasteiger partial charge in [0, 0.05) is 32.7 Å². The summed E-state index contributed by atoms with van der Waals surface area (Å²) in [5.41, 5.74) is 0. The Bertz CT molecular complexity index is 42.6. The van der Waals surface area contributed by atoms with E-state index in [4.69, 9.17) is 4.74 Å². The van der Waals surface area contributed by atoms with Gasteiger partial charge in [-0.2, -0.15) is 13.8 Å². The van der Waals surface area contributed by atoms with Gasteiger partial charge in [0.15, 0.2) is 0 Å². The van der Waals surface area contributed by atoms with E-state index in [0.717, 1.165) is 0 Å². The summed E-state index contributed by atoms with van der Waals surface area (Å²) in [7, 11) is 0. The van der Waals surface area contributed by atoms with Crippen LogP contribution in [0.3, 0.4) is 0 Å². The molecule has 1 nitrogen and oxygen atoms in total. The Morgan fingerprint density at radius 2 is 1.70 bits per heavy atom. The third kappa shape index (κ3) is 16.6. The van der Waals surface area contributed by atoms with Gasteiger partial charge in [-0.1, -0.05) is 6.92 Å². The Hall–Kier alpha value is 2.17. The molecular weight excluding hydrogens is 278 g/mol. The van der Waals surface area contributed by atoms with Crippen LogP contribution in [0.15, 0.2) is 0 Å². The van der Waals surface area contributed by atoms with E-state index in [-0.39, 0.29) is 78.9 Å². The molecule has 0 heterocycles. The molecule has 1 radical (unpaired) electrons. The number of ether oxygens (including phenoxy) is 1. The summed E-state index contributed by atoms with van der Waals surface area (Å²) in [6, 6.07) is 0. The Kier molecular flexibility index (Phi) is 39.4. The summed E-state index contributed by atoms with van der Waals surface area (Å²) < 4.78 is 5.01. The standard InChI is InChI=1S/C6H12O.CH3.2Y/c1-4-6(3)7-5-2;;;/h4-6H,1-3H3;1H3;;/q-2;-1;;+3/t6-;;;/m0.../s1. The van der Waals surface area contributed by atoms with Crippen LogP contribution in [0.5, 0.6) is 0 Å². The third-order valence-electron chi connectivity index (χ3n) is 0.820. The number of hydrogen-bond donors (Lipinski definition) is 0. The summed E-state index contributed by atoms with van der Waals surface area (Å²) in [4.78, 5) is 0. The molecule has 55 valence electrons. The summed E-state index contributed by atoms with van der Waals surface area (Å²) in [5.74, 6) is 0. The van der Waals surface area contributed by atoms with Crippen LogP contribution < -0.4 is 0 Å². The van der Waals surface area contributed by atoms with Gasteiger partial charge < -0.3 is 18.6 Å². The maximum absolute atomic E-state index is 5.01. The van der Waals surface area contributed by atoms with Gasteiger partial charge >= 0.3 is 32.7 Å². The van der Waals surface area contributed by atoms with Gasteiger partial charge in [-0.05, 0) is 0 Å². The topological polar surface area (TPSA) is 9.23 Å². The third-order valence-corrected chi connectivity index (χ3v) is 0.820. The van der Waals surface area contributed by atoms with Crippen molar-refractivity contribution in [1.82, 2.24) is 0 Å². The van der Waals surface area contributed by atoms with Crippen LogP contribution in [-0.2, 0) is 70.2 Å². The van der Waals surface area contributed by atoms with Gasteiger partial charge in [0.25, 0.3) is 0 Å². The van der Waals surface area contributed by atoms with Crippen molar-refractivity contribution in [3.63, 3.8) is 0 Å². The van der Waals surface area contributed by atoms with Crippen molar-refractivity contribution in [2.45, 2.75) is 26.9 Å². The maximum atomic E-state index is 5.01. The largest absolute Gasteiger partial charge is 3.00 e. The minimum Gasteiger partial charge on any atom is -0.575 e. The van der Waals surface area contributed by atoms with E-state index in [1.54, 1.807) is 6.61 Å². The fourth-order valence-corrected chi connectivity index (χ4v) is 0.293. The molecule has 0 saturated heterocycles. The molecule has 0 aromatic heterocycles. The normalized spacial score (nSPS) is 9.90. The first kappa shape index (κ1) is 22.7. The fraction of sp³-hybridized carbons (Fsp3) is 0.571. The van der Waals surface area contributed by atoms with E-state index >= 15 is 0 Å². The second-order valence-corrected chi connectivity index (χ2v) is 1.41. The van der Waals surface area contributed by atoms with Crippen LogP contribution in [0.2, 0.25) is 0 Å². The van der Waals surface area contributed by atoms with E-state index in [0.29, 0.717) is 0 Å². The van der Waals surface area contributed by atoms with E-state index in [1.165, 1.54) is 0 Å². The second-order valence-electron chi connectivity index (χ2n) is 1.41. The molecule has 0 aliphatic rings. The van der Waals surface area contributed by atoms with Gasteiger partial charge in [0.2, 0.25) is 0 Å². The molecule has 0 amide bonds.